The lowest BCUT2D eigenvalue weighted by Gasteiger charge is -2.10. The van der Waals surface area contributed by atoms with Crippen molar-refractivity contribution >= 4 is 16.8 Å². The predicted octanol–water partition coefficient (Wildman–Crippen LogP) is 3.17. The van der Waals surface area contributed by atoms with Gasteiger partial charge in [0.25, 0.3) is 0 Å². The van der Waals surface area contributed by atoms with Crippen molar-refractivity contribution in [1.29, 1.82) is 0 Å². The van der Waals surface area contributed by atoms with E-state index in [9.17, 15) is 4.79 Å². The Morgan fingerprint density at radius 2 is 2.00 bits per heavy atom. The standard InChI is InChI=1S/C19H18N6O/c1-11(2)25-10-21-24-19(25)14-6-7-16-15(9-14)17(23-22-16)12-4-3-5-13(8-12)18(20)26/h3-11H,1-2H3,(H2,20,26)(H,22,23). The van der Waals surface area contributed by atoms with Crippen molar-refractivity contribution < 1.29 is 4.79 Å². The lowest BCUT2D eigenvalue weighted by Crippen LogP contribution is -2.10. The van der Waals surface area contributed by atoms with Crippen molar-refractivity contribution in [3.8, 4) is 22.6 Å². The summed E-state index contributed by atoms with van der Waals surface area (Å²) in [4.78, 5) is 11.5. The van der Waals surface area contributed by atoms with Crippen LogP contribution in [-0.2, 0) is 0 Å². The summed E-state index contributed by atoms with van der Waals surface area (Å²) in [6, 6.07) is 13.4. The van der Waals surface area contributed by atoms with Crippen LogP contribution in [0.1, 0.15) is 30.2 Å². The van der Waals surface area contributed by atoms with Crippen molar-refractivity contribution in [1.82, 2.24) is 25.0 Å². The van der Waals surface area contributed by atoms with Crippen molar-refractivity contribution in [3.05, 3.63) is 54.4 Å². The normalized spacial score (nSPS) is 11.3. The number of H-pyrrole nitrogens is 1. The molecule has 0 aliphatic rings. The first kappa shape index (κ1) is 16.0. The minimum Gasteiger partial charge on any atom is -0.366 e. The van der Waals surface area contributed by atoms with Gasteiger partial charge in [-0.1, -0.05) is 12.1 Å². The van der Waals surface area contributed by atoms with Crippen molar-refractivity contribution in [3.63, 3.8) is 0 Å². The quantitative estimate of drug-likeness (QED) is 0.592. The van der Waals surface area contributed by atoms with Crippen molar-refractivity contribution in [2.75, 3.05) is 0 Å². The van der Waals surface area contributed by atoms with Gasteiger partial charge >= 0.3 is 0 Å². The molecule has 0 aliphatic heterocycles. The Hall–Kier alpha value is -3.48. The summed E-state index contributed by atoms with van der Waals surface area (Å²) in [6.45, 7) is 4.17. The van der Waals surface area contributed by atoms with Gasteiger partial charge in [-0.15, -0.1) is 10.2 Å². The minimum absolute atomic E-state index is 0.256. The molecule has 7 heteroatoms. The van der Waals surface area contributed by atoms with Gasteiger partial charge in [-0.25, -0.2) is 0 Å². The number of hydrogen-bond acceptors (Lipinski definition) is 4. The number of carbonyl (C=O) groups is 1. The van der Waals surface area contributed by atoms with Crippen LogP contribution < -0.4 is 5.73 Å². The largest absolute Gasteiger partial charge is 0.366 e. The van der Waals surface area contributed by atoms with Crippen LogP contribution in [0.2, 0.25) is 0 Å². The molecule has 7 nitrogen and oxygen atoms in total. The summed E-state index contributed by atoms with van der Waals surface area (Å²) >= 11 is 0. The topological polar surface area (TPSA) is 102 Å². The van der Waals surface area contributed by atoms with E-state index >= 15 is 0 Å². The lowest BCUT2D eigenvalue weighted by molar-refractivity contribution is 0.100. The molecule has 2 heterocycles. The molecule has 4 rings (SSSR count). The van der Waals surface area contributed by atoms with Gasteiger partial charge < -0.3 is 10.3 Å². The Kier molecular flexibility index (Phi) is 3.76. The van der Waals surface area contributed by atoms with E-state index in [1.54, 1.807) is 24.5 Å². The molecular weight excluding hydrogens is 328 g/mol. The molecule has 1 amide bonds. The Morgan fingerprint density at radius 1 is 1.15 bits per heavy atom. The SMILES string of the molecule is CC(C)n1cnnc1-c1ccc2[nH]nc(-c3cccc(C(N)=O)c3)c2c1. The summed E-state index contributed by atoms with van der Waals surface area (Å²) < 4.78 is 2.02. The van der Waals surface area contributed by atoms with E-state index in [0.29, 0.717) is 5.56 Å². The molecule has 26 heavy (non-hydrogen) atoms. The molecular formula is C19H18N6O. The van der Waals surface area contributed by atoms with E-state index in [2.05, 4.69) is 34.2 Å². The zero-order valence-corrected chi connectivity index (χ0v) is 14.5. The van der Waals surface area contributed by atoms with Crippen LogP contribution in [0.3, 0.4) is 0 Å². The van der Waals surface area contributed by atoms with Gasteiger partial charge in [0.05, 0.1) is 11.2 Å². The van der Waals surface area contributed by atoms with Gasteiger partial charge in [-0.05, 0) is 44.2 Å². The van der Waals surface area contributed by atoms with Crippen LogP contribution in [0.5, 0.6) is 0 Å². The first-order valence-corrected chi connectivity index (χ1v) is 8.33. The molecule has 0 saturated heterocycles. The third-order valence-electron chi connectivity index (χ3n) is 4.37. The first-order valence-electron chi connectivity index (χ1n) is 8.33. The number of aromatic nitrogens is 5. The lowest BCUT2D eigenvalue weighted by atomic mass is 10.0. The summed E-state index contributed by atoms with van der Waals surface area (Å²) in [7, 11) is 0. The van der Waals surface area contributed by atoms with Crippen LogP contribution in [-0.4, -0.2) is 30.9 Å². The highest BCUT2D eigenvalue weighted by Crippen LogP contribution is 2.30. The molecule has 0 aliphatic carbocycles. The van der Waals surface area contributed by atoms with Gasteiger partial charge in [-0.2, -0.15) is 5.10 Å². The number of hydrogen-bond donors (Lipinski definition) is 2. The van der Waals surface area contributed by atoms with E-state index in [1.807, 2.05) is 28.8 Å². The van der Waals surface area contributed by atoms with Crippen LogP contribution in [0, 0.1) is 0 Å². The van der Waals surface area contributed by atoms with Gasteiger partial charge in [0.15, 0.2) is 5.82 Å². The molecule has 3 N–H and O–H groups in total. The Bertz CT molecular complexity index is 1110. The zero-order valence-electron chi connectivity index (χ0n) is 14.5. The number of fused-ring (bicyclic) bond motifs is 1. The molecule has 0 unspecified atom stereocenters. The number of benzene rings is 2. The highest BCUT2D eigenvalue weighted by Gasteiger charge is 2.14. The van der Waals surface area contributed by atoms with Gasteiger partial charge in [0.1, 0.15) is 6.33 Å². The number of carbonyl (C=O) groups excluding carboxylic acids is 1. The summed E-state index contributed by atoms with van der Waals surface area (Å²) in [5.41, 5.74) is 9.31. The van der Waals surface area contributed by atoms with E-state index in [0.717, 1.165) is 33.5 Å². The number of amides is 1. The van der Waals surface area contributed by atoms with Crippen LogP contribution in [0.25, 0.3) is 33.5 Å². The fourth-order valence-corrected chi connectivity index (χ4v) is 3.02. The van der Waals surface area contributed by atoms with Crippen LogP contribution in [0.4, 0.5) is 0 Å². The molecule has 0 spiro atoms. The second-order valence-electron chi connectivity index (χ2n) is 6.43. The van der Waals surface area contributed by atoms with Crippen molar-refractivity contribution in [2.24, 2.45) is 5.73 Å². The molecule has 0 atom stereocenters. The zero-order chi connectivity index (χ0) is 18.3. The van der Waals surface area contributed by atoms with Crippen LogP contribution >= 0.6 is 0 Å². The predicted molar refractivity (Wildman–Crippen MR) is 99.4 cm³/mol. The number of nitrogens with zero attached hydrogens (tertiary/aromatic N) is 4. The maximum atomic E-state index is 11.5. The second-order valence-corrected chi connectivity index (χ2v) is 6.43. The fraction of sp³-hybridized carbons (Fsp3) is 0.158. The Morgan fingerprint density at radius 3 is 2.77 bits per heavy atom. The van der Waals surface area contributed by atoms with Gasteiger partial charge in [0, 0.05) is 28.1 Å². The number of primary amides is 1. The smallest absolute Gasteiger partial charge is 0.248 e. The molecule has 0 saturated carbocycles. The molecule has 2 aromatic carbocycles. The average molecular weight is 346 g/mol. The Labute approximate surface area is 149 Å². The Balaban J connectivity index is 1.87. The summed E-state index contributed by atoms with van der Waals surface area (Å²) in [5, 5.41) is 16.7. The first-order chi connectivity index (χ1) is 12.5. The van der Waals surface area contributed by atoms with E-state index < -0.39 is 5.91 Å². The van der Waals surface area contributed by atoms with E-state index in [1.165, 1.54) is 0 Å². The summed E-state index contributed by atoms with van der Waals surface area (Å²) in [5.74, 6) is 0.345. The van der Waals surface area contributed by atoms with Crippen molar-refractivity contribution in [2.45, 2.75) is 19.9 Å². The van der Waals surface area contributed by atoms with Crippen LogP contribution in [0.15, 0.2) is 48.8 Å². The third-order valence-corrected chi connectivity index (χ3v) is 4.37. The van der Waals surface area contributed by atoms with Gasteiger partial charge in [-0.3, -0.25) is 9.89 Å². The monoisotopic (exact) mass is 346 g/mol. The van der Waals surface area contributed by atoms with E-state index in [-0.39, 0.29) is 6.04 Å². The number of nitrogens with one attached hydrogen (secondary N) is 1. The molecule has 0 fully saturated rings. The maximum absolute atomic E-state index is 11.5. The highest BCUT2D eigenvalue weighted by molar-refractivity contribution is 5.98. The molecule has 0 radical (unpaired) electrons. The average Bonchev–Trinajstić information content (AvgIpc) is 3.28. The second kappa shape index (κ2) is 6.11. The molecule has 2 aromatic heterocycles. The molecule has 4 aromatic rings. The fourth-order valence-electron chi connectivity index (χ4n) is 3.02. The van der Waals surface area contributed by atoms with E-state index in [4.69, 9.17) is 5.73 Å². The van der Waals surface area contributed by atoms with Gasteiger partial charge in [0.2, 0.25) is 5.91 Å². The number of aromatic amines is 1. The number of nitrogens with two attached hydrogens (primary N) is 1. The minimum atomic E-state index is -0.461. The number of rotatable bonds is 4. The molecule has 0 bridgehead atoms. The summed E-state index contributed by atoms with van der Waals surface area (Å²) in [6.07, 6.45) is 1.73. The third kappa shape index (κ3) is 2.63. The molecule has 130 valence electrons. The highest BCUT2D eigenvalue weighted by atomic mass is 16.1. The maximum Gasteiger partial charge on any atom is 0.248 e.